The van der Waals surface area contributed by atoms with E-state index < -0.39 is 42.7 Å². The molecular weight excluding hydrogens is 352 g/mol. The predicted molar refractivity (Wildman–Crippen MR) is 98.0 cm³/mol. The summed E-state index contributed by atoms with van der Waals surface area (Å²) in [4.78, 5) is 0. The molecule has 0 bridgehead atoms. The summed E-state index contributed by atoms with van der Waals surface area (Å²) >= 11 is 0. The molecule has 0 aromatic heterocycles. The standard InChI is InChI=1S/C20H30O7/c1-8-6-12-11(4)14(22)9(2)10(3)18(12)27-20(8,5)19-17(25)16(24)15(23)13(7-21)26-19/h8,13,15-17,19,21-25H,6-7H2,1-5H3/t8?,13-,15-,16+,17+,19+,20?/m1/s1. The molecule has 0 saturated carbocycles. The van der Waals surface area contributed by atoms with Crippen LogP contribution < -0.4 is 4.74 Å². The van der Waals surface area contributed by atoms with Crippen molar-refractivity contribution in [2.45, 2.75) is 77.2 Å². The maximum atomic E-state index is 10.6. The van der Waals surface area contributed by atoms with Gasteiger partial charge in [-0.1, -0.05) is 6.92 Å². The maximum absolute atomic E-state index is 10.6. The normalized spacial score (nSPS) is 39.0. The Balaban J connectivity index is 2.05. The molecule has 1 saturated heterocycles. The van der Waals surface area contributed by atoms with Gasteiger partial charge in [0.1, 0.15) is 47.6 Å². The molecule has 2 aliphatic rings. The highest BCUT2D eigenvalue weighted by Gasteiger charge is 2.56. The summed E-state index contributed by atoms with van der Waals surface area (Å²) in [6.45, 7) is 8.84. The summed E-state index contributed by atoms with van der Waals surface area (Å²) in [5, 5.41) is 50.7. The van der Waals surface area contributed by atoms with Crippen molar-refractivity contribution >= 4 is 0 Å². The number of aliphatic hydroxyl groups excluding tert-OH is 4. The van der Waals surface area contributed by atoms with Crippen LogP contribution in [0.5, 0.6) is 11.5 Å². The highest BCUT2D eigenvalue weighted by atomic mass is 16.6. The third-order valence-electron chi connectivity index (χ3n) is 6.61. The first kappa shape index (κ1) is 20.4. The second kappa shape index (κ2) is 6.90. The summed E-state index contributed by atoms with van der Waals surface area (Å²) in [5.74, 6) is 0.797. The molecule has 1 aromatic rings. The fourth-order valence-electron chi connectivity index (χ4n) is 4.30. The van der Waals surface area contributed by atoms with E-state index in [1.807, 2.05) is 34.6 Å². The van der Waals surface area contributed by atoms with E-state index in [1.54, 1.807) is 0 Å². The number of hydrogen-bond acceptors (Lipinski definition) is 7. The third-order valence-corrected chi connectivity index (χ3v) is 6.61. The van der Waals surface area contributed by atoms with E-state index in [4.69, 9.17) is 9.47 Å². The van der Waals surface area contributed by atoms with Crippen molar-refractivity contribution in [3.8, 4) is 11.5 Å². The number of aromatic hydroxyl groups is 1. The lowest BCUT2D eigenvalue weighted by molar-refractivity contribution is -0.271. The Kier molecular flexibility index (Phi) is 5.20. The number of aliphatic hydroxyl groups is 4. The van der Waals surface area contributed by atoms with Crippen LogP contribution in [-0.4, -0.2) is 68.3 Å². The second-order valence-electron chi connectivity index (χ2n) is 8.17. The Labute approximate surface area is 159 Å². The van der Waals surface area contributed by atoms with Crippen molar-refractivity contribution in [1.29, 1.82) is 0 Å². The van der Waals surface area contributed by atoms with Gasteiger partial charge in [-0.3, -0.25) is 0 Å². The molecule has 0 amide bonds. The molecule has 2 unspecified atom stereocenters. The topological polar surface area (TPSA) is 120 Å². The Morgan fingerprint density at radius 1 is 1.00 bits per heavy atom. The van der Waals surface area contributed by atoms with E-state index in [0.717, 1.165) is 22.3 Å². The van der Waals surface area contributed by atoms with E-state index >= 15 is 0 Å². The van der Waals surface area contributed by atoms with Gasteiger partial charge in [0.15, 0.2) is 0 Å². The summed E-state index contributed by atoms with van der Waals surface area (Å²) in [6, 6.07) is 0. The number of phenols is 1. The average Bonchev–Trinajstić information content (AvgIpc) is 2.64. The minimum Gasteiger partial charge on any atom is -0.507 e. The summed E-state index contributed by atoms with van der Waals surface area (Å²) in [5.41, 5.74) is 2.25. The van der Waals surface area contributed by atoms with Gasteiger partial charge in [-0.05, 0) is 50.8 Å². The Morgan fingerprint density at radius 2 is 1.63 bits per heavy atom. The lowest BCUT2D eigenvalue weighted by Crippen LogP contribution is -2.68. The SMILES string of the molecule is Cc1c(C)c2c(c(C)c1O)CC(C)C(C)([C@H]1O[C@H](CO)[C@@H](O)[C@H](O)[C@@H]1O)O2. The van der Waals surface area contributed by atoms with Crippen molar-refractivity contribution in [3.63, 3.8) is 0 Å². The van der Waals surface area contributed by atoms with Crippen LogP contribution in [0.3, 0.4) is 0 Å². The van der Waals surface area contributed by atoms with Crippen molar-refractivity contribution < 1.29 is 35.0 Å². The van der Waals surface area contributed by atoms with Gasteiger partial charge in [0, 0.05) is 11.5 Å². The first-order valence-electron chi connectivity index (χ1n) is 9.35. The molecule has 3 rings (SSSR count). The Morgan fingerprint density at radius 3 is 2.22 bits per heavy atom. The minimum absolute atomic E-state index is 0.119. The Bertz CT molecular complexity index is 732. The van der Waals surface area contributed by atoms with E-state index in [0.29, 0.717) is 12.2 Å². The fourth-order valence-corrected chi connectivity index (χ4v) is 4.30. The van der Waals surface area contributed by atoms with Crippen LogP contribution in [-0.2, 0) is 11.2 Å². The van der Waals surface area contributed by atoms with E-state index in [9.17, 15) is 25.5 Å². The molecule has 1 fully saturated rings. The van der Waals surface area contributed by atoms with Crippen molar-refractivity contribution in [2.24, 2.45) is 5.92 Å². The predicted octanol–water partition coefficient (Wildman–Crippen LogP) is 0.490. The van der Waals surface area contributed by atoms with Gasteiger partial charge in [0.25, 0.3) is 0 Å². The summed E-state index contributed by atoms with van der Waals surface area (Å²) in [6.07, 6.45) is -5.53. The van der Waals surface area contributed by atoms with Crippen LogP contribution in [0.25, 0.3) is 0 Å². The molecule has 1 aromatic carbocycles. The van der Waals surface area contributed by atoms with E-state index in [2.05, 4.69) is 0 Å². The zero-order valence-corrected chi connectivity index (χ0v) is 16.4. The van der Waals surface area contributed by atoms with Gasteiger partial charge < -0.3 is 35.0 Å². The minimum atomic E-state index is -1.45. The number of hydrogen-bond donors (Lipinski definition) is 5. The zero-order chi connectivity index (χ0) is 20.3. The highest BCUT2D eigenvalue weighted by Crippen LogP contribution is 2.48. The molecule has 0 radical (unpaired) electrons. The van der Waals surface area contributed by atoms with Crippen molar-refractivity contribution in [1.82, 2.24) is 0 Å². The number of phenolic OH excluding ortho intramolecular Hbond substituents is 1. The average molecular weight is 382 g/mol. The van der Waals surface area contributed by atoms with Gasteiger partial charge in [0.2, 0.25) is 0 Å². The number of ether oxygens (including phenoxy) is 2. The summed E-state index contributed by atoms with van der Waals surface area (Å²) in [7, 11) is 0. The van der Waals surface area contributed by atoms with Gasteiger partial charge in [0.05, 0.1) is 6.61 Å². The van der Waals surface area contributed by atoms with Crippen LogP contribution in [0.15, 0.2) is 0 Å². The largest absolute Gasteiger partial charge is 0.507 e. The van der Waals surface area contributed by atoms with Crippen LogP contribution >= 0.6 is 0 Å². The number of fused-ring (bicyclic) bond motifs is 1. The molecule has 7 heteroatoms. The first-order valence-corrected chi connectivity index (χ1v) is 9.35. The van der Waals surface area contributed by atoms with Gasteiger partial charge in [-0.25, -0.2) is 0 Å². The molecule has 152 valence electrons. The molecular formula is C20H30O7. The van der Waals surface area contributed by atoms with Gasteiger partial charge in [-0.15, -0.1) is 0 Å². The van der Waals surface area contributed by atoms with Crippen LogP contribution in [0, 0.1) is 26.7 Å². The molecule has 7 atom stereocenters. The van der Waals surface area contributed by atoms with Crippen LogP contribution in [0.4, 0.5) is 0 Å². The monoisotopic (exact) mass is 382 g/mol. The maximum Gasteiger partial charge on any atom is 0.138 e. The summed E-state index contributed by atoms with van der Waals surface area (Å²) < 4.78 is 12.2. The molecule has 27 heavy (non-hydrogen) atoms. The van der Waals surface area contributed by atoms with Gasteiger partial charge in [-0.2, -0.15) is 0 Å². The molecule has 0 spiro atoms. The van der Waals surface area contributed by atoms with Crippen molar-refractivity contribution in [2.75, 3.05) is 6.61 Å². The highest BCUT2D eigenvalue weighted by molar-refractivity contribution is 5.58. The smallest absolute Gasteiger partial charge is 0.138 e. The molecule has 2 aliphatic heterocycles. The lowest BCUT2D eigenvalue weighted by atomic mass is 9.73. The van der Waals surface area contributed by atoms with Gasteiger partial charge >= 0.3 is 0 Å². The second-order valence-corrected chi connectivity index (χ2v) is 8.17. The fraction of sp³-hybridized carbons (Fsp3) is 0.700. The molecule has 0 aliphatic carbocycles. The van der Waals surface area contributed by atoms with Crippen LogP contribution in [0.1, 0.15) is 36.1 Å². The van der Waals surface area contributed by atoms with Crippen LogP contribution in [0.2, 0.25) is 0 Å². The lowest BCUT2D eigenvalue weighted by Gasteiger charge is -2.52. The molecule has 7 nitrogen and oxygen atoms in total. The zero-order valence-electron chi connectivity index (χ0n) is 16.4. The van der Waals surface area contributed by atoms with E-state index in [-0.39, 0.29) is 11.7 Å². The quantitative estimate of drug-likeness (QED) is 0.505. The third kappa shape index (κ3) is 2.93. The number of rotatable bonds is 2. The number of benzene rings is 1. The van der Waals surface area contributed by atoms with Crippen molar-refractivity contribution in [3.05, 3.63) is 22.3 Å². The first-order chi connectivity index (χ1) is 12.5. The molecule has 2 heterocycles. The van der Waals surface area contributed by atoms with E-state index in [1.165, 1.54) is 0 Å². The molecule has 5 N–H and O–H groups in total. The Hall–Kier alpha value is -1.38.